The van der Waals surface area contributed by atoms with Crippen LogP contribution in [0, 0.1) is 5.41 Å². The summed E-state index contributed by atoms with van der Waals surface area (Å²) >= 11 is 0. The molecule has 2 N–H and O–H groups in total. The summed E-state index contributed by atoms with van der Waals surface area (Å²) in [6.45, 7) is 3.67. The Morgan fingerprint density at radius 3 is 2.27 bits per heavy atom. The minimum Gasteiger partial charge on any atom is -0.496 e. The quantitative estimate of drug-likeness (QED) is 0.218. The number of rotatable bonds is 12. The van der Waals surface area contributed by atoms with E-state index in [4.69, 9.17) is 9.72 Å². The van der Waals surface area contributed by atoms with Gasteiger partial charge in [-0.05, 0) is 61.3 Å². The average Bonchev–Trinajstić information content (AvgIpc) is 3.07. The van der Waals surface area contributed by atoms with Gasteiger partial charge in [0, 0.05) is 31.4 Å². The fourth-order valence-electron chi connectivity index (χ4n) is 5.95. The number of nitrogens with one attached hydrogen (secondary N) is 1. The monoisotopic (exact) mass is 592 g/mol. The molecule has 0 unspecified atom stereocenters. The minimum absolute atomic E-state index is 0.0174. The fraction of sp³-hybridized carbons (Fsp3) is 0.333. The number of hydrogen-bond donors (Lipinski definition) is 2. The number of aryl methyl sites for hydroxylation is 3. The molecule has 1 aliphatic rings. The highest BCUT2D eigenvalue weighted by molar-refractivity contribution is 5.88. The molecular formula is C36H40N4O4. The van der Waals surface area contributed by atoms with Crippen molar-refractivity contribution in [3.8, 4) is 5.75 Å². The van der Waals surface area contributed by atoms with Gasteiger partial charge in [-0.1, -0.05) is 79.7 Å². The molecule has 1 amide bonds. The Morgan fingerprint density at radius 2 is 1.59 bits per heavy atom. The number of carbonyl (C=O) groups excluding carboxylic acids is 1. The summed E-state index contributed by atoms with van der Waals surface area (Å²) in [7, 11) is 1.63. The van der Waals surface area contributed by atoms with Crippen LogP contribution in [0.3, 0.4) is 0 Å². The van der Waals surface area contributed by atoms with Gasteiger partial charge in [0.15, 0.2) is 0 Å². The number of anilines is 1. The van der Waals surface area contributed by atoms with E-state index in [2.05, 4.69) is 58.5 Å². The predicted octanol–water partition coefficient (Wildman–Crippen LogP) is 5.68. The predicted molar refractivity (Wildman–Crippen MR) is 171 cm³/mol. The molecule has 44 heavy (non-hydrogen) atoms. The normalized spacial score (nSPS) is 14.2. The Hall–Kier alpha value is -4.72. The second-order valence-electron chi connectivity index (χ2n) is 11.4. The van der Waals surface area contributed by atoms with Gasteiger partial charge in [-0.2, -0.15) is 0 Å². The number of carbonyl (C=O) groups is 2. The smallest absolute Gasteiger partial charge is 0.339 e. The maximum Gasteiger partial charge on any atom is 0.339 e. The van der Waals surface area contributed by atoms with Gasteiger partial charge >= 0.3 is 5.97 Å². The molecule has 0 atom stereocenters. The molecule has 1 fully saturated rings. The molecule has 8 heteroatoms. The number of piperidine rings is 1. The molecule has 1 aliphatic heterocycles. The van der Waals surface area contributed by atoms with Crippen LogP contribution in [0.1, 0.15) is 58.1 Å². The highest BCUT2D eigenvalue weighted by Crippen LogP contribution is 2.37. The van der Waals surface area contributed by atoms with Crippen LogP contribution in [-0.4, -0.2) is 47.2 Å². The fourth-order valence-corrected chi connectivity index (χ4v) is 5.95. The first kappa shape index (κ1) is 30.7. The second-order valence-corrected chi connectivity index (χ2v) is 11.4. The number of aromatic nitrogens is 2. The number of carboxylic acids is 1. The molecule has 4 aromatic rings. The number of ether oxygens (including phenoxy) is 1. The highest BCUT2D eigenvalue weighted by Gasteiger charge is 2.42. The summed E-state index contributed by atoms with van der Waals surface area (Å²) in [6, 6.07) is 26.2. The first-order valence-corrected chi connectivity index (χ1v) is 15.3. The summed E-state index contributed by atoms with van der Waals surface area (Å²) < 4.78 is 5.48. The molecule has 8 nitrogen and oxygen atoms in total. The lowest BCUT2D eigenvalue weighted by Crippen LogP contribution is -2.50. The van der Waals surface area contributed by atoms with Crippen molar-refractivity contribution in [2.45, 2.75) is 52.0 Å². The molecule has 1 aromatic heterocycles. The topological polar surface area (TPSA) is 105 Å². The van der Waals surface area contributed by atoms with E-state index in [1.807, 2.05) is 42.5 Å². The van der Waals surface area contributed by atoms with Crippen LogP contribution in [0.5, 0.6) is 5.75 Å². The van der Waals surface area contributed by atoms with Crippen molar-refractivity contribution in [1.82, 2.24) is 15.3 Å². The molecule has 3 aromatic carbocycles. The standard InChI is InChI=1S/C36H40N4O4/c1-3-26-13-15-27(16-14-26)17-18-31-30(33(41)42)25-38-35(39-31)40-21-19-36(20-22-40,23-28-9-5-4-6-10-28)34(43)37-24-29-11-7-8-12-32(29)44-2/h4-16,25H,3,17-24H2,1-2H3,(H,37,43)(H,41,42). The third-order valence-electron chi connectivity index (χ3n) is 8.67. The number of aromatic carboxylic acids is 1. The average molecular weight is 593 g/mol. The lowest BCUT2D eigenvalue weighted by Gasteiger charge is -2.41. The van der Waals surface area contributed by atoms with Gasteiger partial charge in [-0.15, -0.1) is 0 Å². The molecule has 0 spiro atoms. The van der Waals surface area contributed by atoms with Gasteiger partial charge in [0.25, 0.3) is 0 Å². The number of amides is 1. The molecule has 0 bridgehead atoms. The van der Waals surface area contributed by atoms with E-state index in [0.29, 0.717) is 63.4 Å². The number of carboxylic acid groups (broad SMARTS) is 1. The molecule has 228 valence electrons. The molecule has 1 saturated heterocycles. The van der Waals surface area contributed by atoms with Gasteiger partial charge in [0.2, 0.25) is 11.9 Å². The Labute approximate surface area is 259 Å². The largest absolute Gasteiger partial charge is 0.496 e. The zero-order chi connectivity index (χ0) is 30.9. The number of benzene rings is 3. The first-order chi connectivity index (χ1) is 21.4. The molecule has 2 heterocycles. The molecule has 5 rings (SSSR count). The van der Waals surface area contributed by atoms with E-state index in [1.54, 1.807) is 7.11 Å². The van der Waals surface area contributed by atoms with E-state index in [0.717, 1.165) is 28.9 Å². The van der Waals surface area contributed by atoms with Crippen LogP contribution in [0.15, 0.2) is 85.1 Å². The van der Waals surface area contributed by atoms with Crippen molar-refractivity contribution in [2.75, 3.05) is 25.1 Å². The third kappa shape index (κ3) is 7.25. The molecule has 0 saturated carbocycles. The summed E-state index contributed by atoms with van der Waals surface area (Å²) in [6.07, 6.45) is 5.44. The summed E-state index contributed by atoms with van der Waals surface area (Å²) in [4.78, 5) is 37.2. The van der Waals surface area contributed by atoms with Crippen molar-refractivity contribution >= 4 is 17.8 Å². The van der Waals surface area contributed by atoms with Crippen molar-refractivity contribution in [2.24, 2.45) is 5.41 Å². The van der Waals surface area contributed by atoms with Crippen LogP contribution < -0.4 is 15.0 Å². The van der Waals surface area contributed by atoms with Crippen LogP contribution >= 0.6 is 0 Å². The number of nitrogens with zero attached hydrogens (tertiary/aromatic N) is 3. The van der Waals surface area contributed by atoms with E-state index in [-0.39, 0.29) is 11.5 Å². The Bertz CT molecular complexity index is 1570. The van der Waals surface area contributed by atoms with E-state index in [1.165, 1.54) is 11.8 Å². The Kier molecular flexibility index (Phi) is 9.89. The van der Waals surface area contributed by atoms with Crippen LogP contribution in [0.2, 0.25) is 0 Å². The van der Waals surface area contributed by atoms with Gasteiger partial charge in [0.1, 0.15) is 5.75 Å². The zero-order valence-corrected chi connectivity index (χ0v) is 25.5. The maximum atomic E-state index is 13.9. The van der Waals surface area contributed by atoms with Crippen molar-refractivity contribution < 1.29 is 19.4 Å². The van der Waals surface area contributed by atoms with E-state index >= 15 is 0 Å². The number of hydrogen-bond acceptors (Lipinski definition) is 6. The van der Waals surface area contributed by atoms with Crippen LogP contribution in [0.25, 0.3) is 0 Å². The van der Waals surface area contributed by atoms with Gasteiger partial charge < -0.3 is 20.1 Å². The number of methoxy groups -OCH3 is 1. The maximum absolute atomic E-state index is 13.9. The summed E-state index contributed by atoms with van der Waals surface area (Å²) in [5.41, 5.74) is 4.51. The summed E-state index contributed by atoms with van der Waals surface area (Å²) in [5, 5.41) is 13.0. The minimum atomic E-state index is -1.03. The Balaban J connectivity index is 1.32. The van der Waals surface area contributed by atoms with Crippen LogP contribution in [-0.2, 0) is 37.0 Å². The lowest BCUT2D eigenvalue weighted by atomic mass is 9.73. The third-order valence-corrected chi connectivity index (χ3v) is 8.67. The molecule has 0 aliphatic carbocycles. The van der Waals surface area contributed by atoms with Gasteiger partial charge in [-0.25, -0.2) is 14.8 Å². The lowest BCUT2D eigenvalue weighted by molar-refractivity contribution is -0.132. The van der Waals surface area contributed by atoms with Crippen molar-refractivity contribution in [1.29, 1.82) is 0 Å². The van der Waals surface area contributed by atoms with Crippen molar-refractivity contribution in [3.63, 3.8) is 0 Å². The highest BCUT2D eigenvalue weighted by atomic mass is 16.5. The SMILES string of the molecule is CCc1ccc(CCc2nc(N3CCC(Cc4ccccc4)(C(=O)NCc4ccccc4OC)CC3)ncc2C(=O)O)cc1. The molecule has 0 radical (unpaired) electrons. The van der Waals surface area contributed by atoms with E-state index < -0.39 is 11.4 Å². The first-order valence-electron chi connectivity index (χ1n) is 15.3. The summed E-state index contributed by atoms with van der Waals surface area (Å²) in [5.74, 6) is 0.244. The molecular weight excluding hydrogens is 552 g/mol. The van der Waals surface area contributed by atoms with Gasteiger partial charge in [-0.3, -0.25) is 4.79 Å². The van der Waals surface area contributed by atoms with Gasteiger partial charge in [0.05, 0.1) is 23.8 Å². The Morgan fingerprint density at radius 1 is 0.909 bits per heavy atom. The zero-order valence-electron chi connectivity index (χ0n) is 25.5. The number of para-hydroxylation sites is 1. The second kappa shape index (κ2) is 14.2. The van der Waals surface area contributed by atoms with Crippen LogP contribution in [0.4, 0.5) is 5.95 Å². The van der Waals surface area contributed by atoms with E-state index in [9.17, 15) is 14.7 Å². The van der Waals surface area contributed by atoms with Crippen molar-refractivity contribution in [3.05, 3.63) is 119 Å².